The van der Waals surface area contributed by atoms with Gasteiger partial charge in [0, 0.05) is 25.2 Å². The van der Waals surface area contributed by atoms with Gasteiger partial charge in [0.1, 0.15) is 0 Å². The average molecular weight is 407 g/mol. The zero-order valence-corrected chi connectivity index (χ0v) is 20.4. The molecule has 0 aromatic rings. The predicted molar refractivity (Wildman–Crippen MR) is 124 cm³/mol. The van der Waals surface area contributed by atoms with Crippen LogP contribution in [0.3, 0.4) is 0 Å². The van der Waals surface area contributed by atoms with E-state index in [1.165, 1.54) is 25.8 Å². The number of nitrogens with zero attached hydrogens (tertiary/aromatic N) is 2. The van der Waals surface area contributed by atoms with Gasteiger partial charge >= 0.3 is 0 Å². The first-order valence-corrected chi connectivity index (χ1v) is 15.5. The number of hydrogen-bond donors (Lipinski definition) is 0. The van der Waals surface area contributed by atoms with E-state index in [9.17, 15) is 0 Å². The number of likely N-dealkylation sites (tertiary alicyclic amines) is 2. The predicted octanol–water partition coefficient (Wildman–Crippen LogP) is 4.08. The van der Waals surface area contributed by atoms with Crippen molar-refractivity contribution in [2.45, 2.75) is 51.3 Å². The minimum atomic E-state index is -1.31. The molecule has 0 N–H and O–H groups in total. The SMILES string of the molecule is C=P(C)(C)OC1CC(CC)N(C)C1.C=P(C)(C)OCC1CC(C)CN1C. The second-order valence-corrected chi connectivity index (χ2v) is 16.1. The lowest BCUT2D eigenvalue weighted by molar-refractivity contribution is 0.212. The molecule has 6 heteroatoms. The lowest BCUT2D eigenvalue weighted by atomic mass is 10.1. The molecular weight excluding hydrogens is 362 g/mol. The largest absolute Gasteiger partial charge is 0.361 e. The number of hydrogen-bond acceptors (Lipinski definition) is 4. The van der Waals surface area contributed by atoms with Gasteiger partial charge in [-0.05, 0) is 80.2 Å². The van der Waals surface area contributed by atoms with Crippen molar-refractivity contribution in [2.24, 2.45) is 5.92 Å². The number of rotatable bonds is 6. The van der Waals surface area contributed by atoms with Gasteiger partial charge in [0.25, 0.3) is 0 Å². The van der Waals surface area contributed by atoms with E-state index < -0.39 is 14.2 Å². The molecule has 0 aromatic carbocycles. The van der Waals surface area contributed by atoms with Crippen molar-refractivity contribution in [2.75, 3.05) is 60.5 Å². The van der Waals surface area contributed by atoms with Gasteiger partial charge in [0.15, 0.2) is 0 Å². The Hall–Kier alpha value is 0.440. The summed E-state index contributed by atoms with van der Waals surface area (Å²) in [7, 11) is 1.78. The molecule has 2 rings (SSSR count). The third-order valence-electron chi connectivity index (χ3n) is 5.07. The summed E-state index contributed by atoms with van der Waals surface area (Å²) in [5.74, 6) is 0.824. The molecule has 0 aliphatic carbocycles. The van der Waals surface area contributed by atoms with Crippen molar-refractivity contribution < 1.29 is 9.05 Å². The van der Waals surface area contributed by atoms with Crippen LogP contribution in [0, 0.1) is 5.92 Å². The molecule has 26 heavy (non-hydrogen) atoms. The van der Waals surface area contributed by atoms with Gasteiger partial charge in [0.05, 0.1) is 12.7 Å². The van der Waals surface area contributed by atoms with Gasteiger partial charge in [-0.1, -0.05) is 26.4 Å². The summed E-state index contributed by atoms with van der Waals surface area (Å²) < 4.78 is 11.7. The molecule has 2 aliphatic rings. The van der Waals surface area contributed by atoms with Crippen LogP contribution in [0.2, 0.25) is 0 Å². The molecule has 0 bridgehead atoms. The maximum atomic E-state index is 5.96. The van der Waals surface area contributed by atoms with Crippen molar-refractivity contribution >= 4 is 26.8 Å². The molecule has 4 nitrogen and oxygen atoms in total. The Bertz CT molecular complexity index is 514. The Balaban J connectivity index is 0.000000260. The first-order chi connectivity index (χ1) is 11.8. The summed E-state index contributed by atoms with van der Waals surface area (Å²) in [5, 5.41) is 0. The molecule has 2 saturated heterocycles. The Morgan fingerprint density at radius 2 is 1.50 bits per heavy atom. The van der Waals surface area contributed by atoms with Crippen LogP contribution in [0.15, 0.2) is 0 Å². The van der Waals surface area contributed by atoms with Gasteiger partial charge in [0.2, 0.25) is 0 Å². The summed E-state index contributed by atoms with van der Waals surface area (Å²) in [6.07, 6.45) is 12.2. The maximum Gasteiger partial charge on any atom is 0.0757 e. The summed E-state index contributed by atoms with van der Waals surface area (Å²) >= 11 is 0. The summed E-state index contributed by atoms with van der Waals surface area (Å²) in [6.45, 7) is 16.2. The molecule has 4 unspecified atom stereocenters. The fourth-order valence-corrected chi connectivity index (χ4v) is 5.36. The molecule has 156 valence electrons. The Kier molecular flexibility index (Phi) is 9.68. The fourth-order valence-electron chi connectivity index (χ4n) is 3.83. The van der Waals surface area contributed by atoms with Crippen LogP contribution < -0.4 is 0 Å². The zero-order valence-electron chi connectivity index (χ0n) is 18.6. The van der Waals surface area contributed by atoms with Crippen LogP contribution in [-0.4, -0.2) is 101 Å². The molecule has 4 atom stereocenters. The lowest BCUT2D eigenvalue weighted by Gasteiger charge is -2.22. The van der Waals surface area contributed by atoms with Gasteiger partial charge in [-0.3, -0.25) is 0 Å². The minimum absolute atomic E-state index is 0.427. The first-order valence-electron chi connectivity index (χ1n) is 9.90. The summed E-state index contributed by atoms with van der Waals surface area (Å²) in [6, 6.07) is 1.34. The van der Waals surface area contributed by atoms with E-state index in [1.807, 2.05) is 0 Å². The standard InChI is InChI=1S/2C10H22NOP/c1-9-6-10(11(2)7-9)8-12-13(3,4)5;1-6-9-7-10(8-11(9)2)12-13(3,4)5/h2*9-10H,3,6-8H2,1-2,4-5H3. The summed E-state index contributed by atoms with van der Waals surface area (Å²) in [4.78, 5) is 4.81. The fraction of sp³-hybridized carbons (Fsp3) is 0.900. The third-order valence-corrected chi connectivity index (χ3v) is 6.79. The minimum Gasteiger partial charge on any atom is -0.361 e. The van der Waals surface area contributed by atoms with Gasteiger partial charge in [-0.25, -0.2) is 0 Å². The van der Waals surface area contributed by atoms with Crippen molar-refractivity contribution in [3.8, 4) is 0 Å². The molecule has 0 aromatic heterocycles. The topological polar surface area (TPSA) is 24.9 Å². The van der Waals surface area contributed by atoms with E-state index in [0.717, 1.165) is 25.1 Å². The van der Waals surface area contributed by atoms with Crippen LogP contribution in [-0.2, 0) is 9.05 Å². The highest BCUT2D eigenvalue weighted by atomic mass is 31.2. The van der Waals surface area contributed by atoms with E-state index >= 15 is 0 Å². The highest BCUT2D eigenvalue weighted by Crippen LogP contribution is 2.41. The van der Waals surface area contributed by atoms with Crippen molar-refractivity contribution in [3.05, 3.63) is 0 Å². The van der Waals surface area contributed by atoms with E-state index in [1.54, 1.807) is 0 Å². The van der Waals surface area contributed by atoms with Gasteiger partial charge in [-0.2, -0.15) is 0 Å². The van der Waals surface area contributed by atoms with Gasteiger partial charge < -0.3 is 18.8 Å². The smallest absolute Gasteiger partial charge is 0.0757 e. The van der Waals surface area contributed by atoms with Crippen molar-refractivity contribution in [1.29, 1.82) is 0 Å². The van der Waals surface area contributed by atoms with Crippen molar-refractivity contribution in [3.63, 3.8) is 0 Å². The third kappa shape index (κ3) is 9.58. The molecule has 0 saturated carbocycles. The molecular formula is C20H44N2O2P2. The maximum absolute atomic E-state index is 5.96. The summed E-state index contributed by atoms with van der Waals surface area (Å²) in [5.41, 5.74) is 0. The molecule has 0 radical (unpaired) electrons. The van der Waals surface area contributed by atoms with Gasteiger partial charge in [-0.15, -0.1) is 0 Å². The molecule has 0 amide bonds. The van der Waals surface area contributed by atoms with Crippen LogP contribution in [0.4, 0.5) is 0 Å². The highest BCUT2D eigenvalue weighted by Gasteiger charge is 2.29. The number of likely N-dealkylation sites (N-methyl/N-ethyl adjacent to an activating group) is 2. The van der Waals surface area contributed by atoms with E-state index in [-0.39, 0.29) is 0 Å². The average Bonchev–Trinajstić information content (AvgIpc) is 2.96. The zero-order chi connectivity index (χ0) is 20.1. The lowest BCUT2D eigenvalue weighted by Crippen LogP contribution is -2.28. The molecule has 2 heterocycles. The van der Waals surface area contributed by atoms with E-state index in [2.05, 4.69) is 77.0 Å². The Morgan fingerprint density at radius 3 is 1.88 bits per heavy atom. The highest BCUT2D eigenvalue weighted by molar-refractivity contribution is 7.67. The van der Waals surface area contributed by atoms with Crippen LogP contribution >= 0.6 is 14.2 Å². The van der Waals surface area contributed by atoms with Crippen molar-refractivity contribution in [1.82, 2.24) is 9.80 Å². The Labute approximate surface area is 163 Å². The second kappa shape index (κ2) is 10.3. The normalized spacial score (nSPS) is 31.1. The first kappa shape index (κ1) is 24.5. The second-order valence-electron chi connectivity index (χ2n) is 9.34. The molecule has 0 spiro atoms. The quantitative estimate of drug-likeness (QED) is 0.621. The monoisotopic (exact) mass is 406 g/mol. The van der Waals surface area contributed by atoms with E-state index in [0.29, 0.717) is 12.1 Å². The van der Waals surface area contributed by atoms with Crippen LogP contribution in [0.1, 0.15) is 33.1 Å². The molecule has 2 aliphatic heterocycles. The Morgan fingerprint density at radius 1 is 0.923 bits per heavy atom. The van der Waals surface area contributed by atoms with Crippen LogP contribution in [0.5, 0.6) is 0 Å². The van der Waals surface area contributed by atoms with Crippen LogP contribution in [0.25, 0.3) is 0 Å². The van der Waals surface area contributed by atoms with E-state index in [4.69, 9.17) is 9.05 Å². The molecule has 2 fully saturated rings.